The Balaban J connectivity index is 1.50. The summed E-state index contributed by atoms with van der Waals surface area (Å²) in [5.41, 5.74) is 10.9. The van der Waals surface area contributed by atoms with Crippen molar-refractivity contribution >= 4 is 22.4 Å². The number of rotatable bonds is 4. The maximum absolute atomic E-state index is 5.40. The fraction of sp³-hybridized carbons (Fsp3) is 0.469. The number of hydrogen-bond acceptors (Lipinski definition) is 5. The third kappa shape index (κ3) is 4.24. The van der Waals surface area contributed by atoms with Gasteiger partial charge in [0, 0.05) is 60.0 Å². The second-order valence-corrected chi connectivity index (χ2v) is 11.7. The van der Waals surface area contributed by atoms with Crippen molar-refractivity contribution in [2.75, 3.05) is 22.9 Å². The van der Waals surface area contributed by atoms with Crippen molar-refractivity contribution in [1.82, 2.24) is 20.2 Å². The van der Waals surface area contributed by atoms with Crippen molar-refractivity contribution in [3.8, 4) is 11.4 Å². The van der Waals surface area contributed by atoms with E-state index in [-0.39, 0.29) is 0 Å². The Morgan fingerprint density at radius 1 is 0.974 bits per heavy atom. The first-order valence-corrected chi connectivity index (χ1v) is 14.3. The average Bonchev–Trinajstić information content (AvgIpc) is 3.28. The zero-order valence-corrected chi connectivity index (χ0v) is 23.7. The van der Waals surface area contributed by atoms with Crippen LogP contribution in [-0.2, 0) is 13.0 Å². The minimum Gasteiger partial charge on any atom is -0.366 e. The lowest BCUT2D eigenvalue weighted by atomic mass is 9.96. The second-order valence-electron chi connectivity index (χ2n) is 11.7. The van der Waals surface area contributed by atoms with Gasteiger partial charge in [-0.2, -0.15) is 5.10 Å². The van der Waals surface area contributed by atoms with E-state index in [0.717, 1.165) is 59.9 Å². The van der Waals surface area contributed by atoms with Crippen LogP contribution in [0.1, 0.15) is 79.6 Å². The van der Waals surface area contributed by atoms with E-state index in [1.54, 1.807) is 0 Å². The van der Waals surface area contributed by atoms with Gasteiger partial charge >= 0.3 is 0 Å². The molecule has 0 spiro atoms. The normalized spacial score (nSPS) is 17.9. The molecule has 1 atom stereocenters. The highest BCUT2D eigenvalue weighted by molar-refractivity contribution is 5.96. The molecule has 4 aromatic rings. The third-order valence-electron chi connectivity index (χ3n) is 8.69. The van der Waals surface area contributed by atoms with Crippen molar-refractivity contribution in [3.63, 3.8) is 0 Å². The van der Waals surface area contributed by atoms with Gasteiger partial charge in [0.25, 0.3) is 0 Å². The lowest BCUT2D eigenvalue weighted by Crippen LogP contribution is -2.41. The molecule has 6 nitrogen and oxygen atoms in total. The summed E-state index contributed by atoms with van der Waals surface area (Å²) < 4.78 is 0. The maximum atomic E-state index is 5.40. The van der Waals surface area contributed by atoms with Crippen LogP contribution in [0.2, 0.25) is 0 Å². The summed E-state index contributed by atoms with van der Waals surface area (Å²) in [6, 6.07) is 11.7. The minimum absolute atomic E-state index is 0.476. The van der Waals surface area contributed by atoms with E-state index in [4.69, 9.17) is 9.97 Å². The first-order chi connectivity index (χ1) is 18.3. The largest absolute Gasteiger partial charge is 0.366 e. The lowest BCUT2D eigenvalue weighted by molar-refractivity contribution is 0.478. The van der Waals surface area contributed by atoms with Gasteiger partial charge < -0.3 is 9.80 Å². The highest BCUT2D eigenvalue weighted by Crippen LogP contribution is 2.38. The molecule has 2 aromatic carbocycles. The molecule has 6 rings (SSSR count). The van der Waals surface area contributed by atoms with E-state index in [1.807, 2.05) is 0 Å². The van der Waals surface area contributed by atoms with E-state index < -0.39 is 0 Å². The molecule has 0 bridgehead atoms. The van der Waals surface area contributed by atoms with Crippen molar-refractivity contribution in [2.45, 2.75) is 85.7 Å². The highest BCUT2D eigenvalue weighted by atomic mass is 15.2. The zero-order valence-electron chi connectivity index (χ0n) is 23.7. The van der Waals surface area contributed by atoms with Crippen LogP contribution in [0.3, 0.4) is 0 Å². The Labute approximate surface area is 226 Å². The summed E-state index contributed by atoms with van der Waals surface area (Å²) >= 11 is 0. The number of piperidine rings is 1. The second kappa shape index (κ2) is 9.72. The van der Waals surface area contributed by atoms with E-state index >= 15 is 0 Å². The summed E-state index contributed by atoms with van der Waals surface area (Å²) in [7, 11) is 0. The van der Waals surface area contributed by atoms with Crippen LogP contribution in [0.25, 0.3) is 22.3 Å². The molecule has 1 fully saturated rings. The quantitative estimate of drug-likeness (QED) is 0.321. The van der Waals surface area contributed by atoms with Crippen LogP contribution >= 0.6 is 0 Å². The molecule has 1 N–H and O–H groups in total. The molecule has 2 aliphatic rings. The van der Waals surface area contributed by atoms with E-state index in [0.29, 0.717) is 12.0 Å². The van der Waals surface area contributed by atoms with Crippen LogP contribution in [-0.4, -0.2) is 39.3 Å². The molecule has 198 valence electrons. The van der Waals surface area contributed by atoms with Crippen molar-refractivity contribution in [3.05, 3.63) is 64.0 Å². The van der Waals surface area contributed by atoms with E-state index in [1.165, 1.54) is 52.9 Å². The number of nitrogens with zero attached hydrogens (tertiary/aromatic N) is 5. The summed E-state index contributed by atoms with van der Waals surface area (Å²) in [5.74, 6) is 2.49. The van der Waals surface area contributed by atoms with E-state index in [2.05, 4.69) is 91.9 Å². The number of aryl methyl sites for hydroxylation is 3. The van der Waals surface area contributed by atoms with Gasteiger partial charge in [-0.1, -0.05) is 32.0 Å². The SMILES string of the molecule is Cc1ccc(C(C)C)cc1N1CCc2nc(-c3c(C)ccc4n[nH]c(C)c34)nc(N3CCCC[C@H]3C)c2C1. The molecule has 0 radical (unpaired) electrons. The van der Waals surface area contributed by atoms with Crippen molar-refractivity contribution < 1.29 is 0 Å². The number of H-pyrrole nitrogens is 1. The minimum atomic E-state index is 0.476. The number of aromatic amines is 1. The molecule has 0 saturated carbocycles. The lowest BCUT2D eigenvalue weighted by Gasteiger charge is -2.39. The topological polar surface area (TPSA) is 60.9 Å². The van der Waals surface area contributed by atoms with Crippen molar-refractivity contribution in [2.24, 2.45) is 0 Å². The highest BCUT2D eigenvalue weighted by Gasteiger charge is 2.30. The van der Waals surface area contributed by atoms with Crippen LogP contribution in [0, 0.1) is 20.8 Å². The number of benzene rings is 2. The molecule has 2 aliphatic heterocycles. The van der Waals surface area contributed by atoms with Crippen LogP contribution in [0.4, 0.5) is 11.5 Å². The molecule has 0 amide bonds. The van der Waals surface area contributed by atoms with Gasteiger partial charge in [0.1, 0.15) is 5.82 Å². The number of anilines is 2. The molecular formula is C32H40N6. The first-order valence-electron chi connectivity index (χ1n) is 14.3. The van der Waals surface area contributed by atoms with Gasteiger partial charge in [-0.15, -0.1) is 0 Å². The average molecular weight is 509 g/mol. The smallest absolute Gasteiger partial charge is 0.162 e. The third-order valence-corrected chi connectivity index (χ3v) is 8.69. The predicted octanol–water partition coefficient (Wildman–Crippen LogP) is 7.01. The molecule has 4 heterocycles. The number of nitrogens with one attached hydrogen (secondary N) is 1. The number of hydrogen-bond donors (Lipinski definition) is 1. The molecule has 0 unspecified atom stereocenters. The number of fused-ring (bicyclic) bond motifs is 2. The van der Waals surface area contributed by atoms with E-state index in [9.17, 15) is 0 Å². The van der Waals surface area contributed by atoms with Crippen LogP contribution < -0.4 is 9.80 Å². The van der Waals surface area contributed by atoms with Gasteiger partial charge in [-0.05, 0) is 81.7 Å². The van der Waals surface area contributed by atoms with Crippen molar-refractivity contribution in [1.29, 1.82) is 0 Å². The molecule has 2 aromatic heterocycles. The van der Waals surface area contributed by atoms with Crippen LogP contribution in [0.5, 0.6) is 0 Å². The van der Waals surface area contributed by atoms with Gasteiger partial charge in [-0.25, -0.2) is 9.97 Å². The Hall–Kier alpha value is -3.41. The molecule has 6 heteroatoms. The standard InChI is InChI=1S/C32H40N6/c1-19(2)24-12-10-20(3)28(17-24)37-16-14-26-25(18-37)32(38-15-8-7-9-22(38)5)34-31(33-26)29-21(4)11-13-27-30(29)23(6)35-36-27/h10-13,17,19,22H,7-9,14-16,18H2,1-6H3,(H,35,36)/t22-/m1/s1. The molecule has 38 heavy (non-hydrogen) atoms. The maximum Gasteiger partial charge on any atom is 0.162 e. The Bertz CT molecular complexity index is 1500. The van der Waals surface area contributed by atoms with Gasteiger partial charge in [0.15, 0.2) is 5.82 Å². The predicted molar refractivity (Wildman–Crippen MR) is 157 cm³/mol. The number of aromatic nitrogens is 4. The molecule has 1 saturated heterocycles. The zero-order chi connectivity index (χ0) is 26.6. The Morgan fingerprint density at radius 3 is 2.58 bits per heavy atom. The summed E-state index contributed by atoms with van der Waals surface area (Å²) in [4.78, 5) is 15.8. The van der Waals surface area contributed by atoms with Gasteiger partial charge in [0.2, 0.25) is 0 Å². The first kappa shape index (κ1) is 24.9. The fourth-order valence-corrected chi connectivity index (χ4v) is 6.35. The summed E-state index contributed by atoms with van der Waals surface area (Å²) in [6.07, 6.45) is 4.64. The Morgan fingerprint density at radius 2 is 1.79 bits per heavy atom. The van der Waals surface area contributed by atoms with Gasteiger partial charge in [-0.3, -0.25) is 5.10 Å². The summed E-state index contributed by atoms with van der Waals surface area (Å²) in [5, 5.41) is 8.85. The van der Waals surface area contributed by atoms with Crippen LogP contribution in [0.15, 0.2) is 30.3 Å². The Kier molecular flexibility index (Phi) is 6.37. The van der Waals surface area contributed by atoms with Gasteiger partial charge in [0.05, 0.1) is 11.2 Å². The molecular weight excluding hydrogens is 468 g/mol. The monoisotopic (exact) mass is 508 g/mol. The summed E-state index contributed by atoms with van der Waals surface area (Å²) in [6.45, 7) is 16.3. The molecule has 0 aliphatic carbocycles. The fourth-order valence-electron chi connectivity index (χ4n) is 6.35.